The van der Waals surface area contributed by atoms with Crippen LogP contribution in [0.4, 0.5) is 22.7 Å². The molecule has 2 aliphatic rings. The van der Waals surface area contributed by atoms with Crippen LogP contribution in [0.5, 0.6) is 0 Å². The largest absolute Gasteiger partial charge is 0.343 e. The van der Waals surface area contributed by atoms with Gasteiger partial charge in [-0.1, -0.05) is 6.08 Å². The molecule has 0 fully saturated rings. The first kappa shape index (κ1) is 11.2. The average molecular weight is 262 g/mol. The monoisotopic (exact) mass is 262 g/mol. The summed E-state index contributed by atoms with van der Waals surface area (Å²) in [6.07, 6.45) is 2.59. The molecule has 20 heavy (non-hydrogen) atoms. The maximum Gasteiger partial charge on any atom is 0.110 e. The maximum absolute atomic E-state index is 4.67. The molecule has 0 atom stereocenters. The van der Waals surface area contributed by atoms with Crippen molar-refractivity contribution in [3.8, 4) is 0 Å². The van der Waals surface area contributed by atoms with Crippen molar-refractivity contribution >= 4 is 45.2 Å². The average Bonchev–Trinajstić information content (AvgIpc) is 2.44. The molecular formula is C16H14N4. The van der Waals surface area contributed by atoms with Crippen molar-refractivity contribution in [3.05, 3.63) is 36.9 Å². The summed E-state index contributed by atoms with van der Waals surface area (Å²) in [7, 11) is 0. The lowest BCUT2D eigenvalue weighted by Gasteiger charge is -2.23. The predicted octanol–water partition coefficient (Wildman–Crippen LogP) is 4.35. The van der Waals surface area contributed by atoms with Crippen molar-refractivity contribution in [1.82, 2.24) is 0 Å². The highest BCUT2D eigenvalue weighted by molar-refractivity contribution is 6.22. The molecule has 0 spiro atoms. The summed E-state index contributed by atoms with van der Waals surface area (Å²) in [5.74, 6) is 1.85. The fourth-order valence-corrected chi connectivity index (χ4v) is 2.82. The van der Waals surface area contributed by atoms with Crippen LogP contribution in [0.1, 0.15) is 13.3 Å². The van der Waals surface area contributed by atoms with E-state index in [1.165, 1.54) is 0 Å². The molecule has 98 valence electrons. The first-order chi connectivity index (χ1) is 9.76. The van der Waals surface area contributed by atoms with Gasteiger partial charge < -0.3 is 10.6 Å². The van der Waals surface area contributed by atoms with Crippen molar-refractivity contribution in [2.75, 3.05) is 10.6 Å². The topological polar surface area (TPSA) is 48.8 Å². The van der Waals surface area contributed by atoms with E-state index in [2.05, 4.69) is 51.5 Å². The molecule has 0 amide bonds. The van der Waals surface area contributed by atoms with Crippen molar-refractivity contribution < 1.29 is 0 Å². The third-order valence-corrected chi connectivity index (χ3v) is 3.59. The van der Waals surface area contributed by atoms with Gasteiger partial charge in [-0.05, 0) is 31.2 Å². The Morgan fingerprint density at radius 3 is 2.35 bits per heavy atom. The summed E-state index contributed by atoms with van der Waals surface area (Å²) in [6.45, 7) is 5.74. The Balaban J connectivity index is 2.05. The molecule has 0 aliphatic carbocycles. The zero-order chi connectivity index (χ0) is 13.7. The summed E-state index contributed by atoms with van der Waals surface area (Å²) in [6, 6.07) is 8.26. The highest BCUT2D eigenvalue weighted by Gasteiger charge is 2.20. The number of nitrogens with zero attached hydrogens (tertiary/aromatic N) is 2. The Bertz CT molecular complexity index is 815. The Kier molecular flexibility index (Phi) is 2.21. The van der Waals surface area contributed by atoms with Gasteiger partial charge in [-0.25, -0.2) is 9.98 Å². The van der Waals surface area contributed by atoms with E-state index in [1.807, 2.05) is 13.0 Å². The zero-order valence-electron chi connectivity index (χ0n) is 11.2. The van der Waals surface area contributed by atoms with Crippen molar-refractivity contribution in [2.24, 2.45) is 9.98 Å². The third-order valence-electron chi connectivity index (χ3n) is 3.59. The van der Waals surface area contributed by atoms with E-state index >= 15 is 0 Å². The summed E-state index contributed by atoms with van der Waals surface area (Å²) >= 11 is 0. The summed E-state index contributed by atoms with van der Waals surface area (Å²) in [5, 5.41) is 8.97. The van der Waals surface area contributed by atoms with Crippen LogP contribution in [-0.4, -0.2) is 11.7 Å². The van der Waals surface area contributed by atoms with Gasteiger partial charge in [-0.2, -0.15) is 0 Å². The molecule has 0 radical (unpaired) electrons. The number of hydrogen-bond acceptors (Lipinski definition) is 4. The number of hydrogen-bond donors (Lipinski definition) is 2. The second-order valence-electron chi connectivity index (χ2n) is 5.01. The van der Waals surface area contributed by atoms with Gasteiger partial charge in [0.1, 0.15) is 11.7 Å². The molecule has 4 nitrogen and oxygen atoms in total. The summed E-state index contributed by atoms with van der Waals surface area (Å²) in [4.78, 5) is 9.24. The molecule has 2 aromatic rings. The minimum absolute atomic E-state index is 0.736. The van der Waals surface area contributed by atoms with E-state index in [-0.39, 0.29) is 0 Å². The van der Waals surface area contributed by atoms with E-state index in [9.17, 15) is 0 Å². The van der Waals surface area contributed by atoms with E-state index in [0.29, 0.717) is 0 Å². The molecule has 2 aliphatic heterocycles. The normalized spacial score (nSPS) is 15.1. The standard InChI is InChI=1S/C16H14N4/c1-3-4-14-19-12-7-5-10-15-11(18-9(2)17-10)6-8-13(20-14)16(12)15/h3,5-8H,1,4H2,2H3,(H,17,18)(H,19,20). The highest BCUT2D eigenvalue weighted by Crippen LogP contribution is 2.45. The Morgan fingerprint density at radius 2 is 1.65 bits per heavy atom. The lowest BCUT2D eigenvalue weighted by Crippen LogP contribution is -2.15. The van der Waals surface area contributed by atoms with Gasteiger partial charge in [-0.15, -0.1) is 6.58 Å². The molecule has 2 aromatic carbocycles. The molecule has 4 heteroatoms. The number of nitrogens with one attached hydrogen (secondary N) is 2. The van der Waals surface area contributed by atoms with E-state index in [4.69, 9.17) is 0 Å². The Morgan fingerprint density at radius 1 is 1.00 bits per heavy atom. The van der Waals surface area contributed by atoms with Crippen LogP contribution in [0, 0.1) is 0 Å². The molecule has 0 aromatic heterocycles. The van der Waals surface area contributed by atoms with Gasteiger partial charge in [-0.3, -0.25) is 0 Å². The minimum Gasteiger partial charge on any atom is -0.343 e. The highest BCUT2D eigenvalue weighted by atomic mass is 15.0. The quantitative estimate of drug-likeness (QED) is 0.790. The van der Waals surface area contributed by atoms with Crippen LogP contribution in [0.3, 0.4) is 0 Å². The lowest BCUT2D eigenvalue weighted by atomic mass is 10.0. The van der Waals surface area contributed by atoms with Crippen LogP contribution < -0.4 is 10.6 Å². The summed E-state index contributed by atoms with van der Waals surface area (Å²) in [5.41, 5.74) is 4.18. The van der Waals surface area contributed by atoms with Gasteiger partial charge in [0.2, 0.25) is 0 Å². The number of rotatable bonds is 2. The van der Waals surface area contributed by atoms with Crippen molar-refractivity contribution in [3.63, 3.8) is 0 Å². The second-order valence-corrected chi connectivity index (χ2v) is 5.01. The first-order valence-electron chi connectivity index (χ1n) is 6.64. The van der Waals surface area contributed by atoms with Gasteiger partial charge in [0, 0.05) is 28.6 Å². The van der Waals surface area contributed by atoms with Crippen LogP contribution in [-0.2, 0) is 0 Å². The third kappa shape index (κ3) is 1.48. The van der Waals surface area contributed by atoms with Crippen LogP contribution in [0.25, 0.3) is 10.8 Å². The number of benzene rings is 2. The fraction of sp³-hybridized carbons (Fsp3) is 0.125. The fourth-order valence-electron chi connectivity index (χ4n) is 2.82. The predicted molar refractivity (Wildman–Crippen MR) is 85.9 cm³/mol. The summed E-state index contributed by atoms with van der Waals surface area (Å²) < 4.78 is 0. The van der Waals surface area contributed by atoms with E-state index in [0.717, 1.165) is 51.6 Å². The van der Waals surface area contributed by atoms with E-state index in [1.54, 1.807) is 0 Å². The molecule has 0 bridgehead atoms. The van der Waals surface area contributed by atoms with Gasteiger partial charge >= 0.3 is 0 Å². The number of amidine groups is 2. The van der Waals surface area contributed by atoms with Gasteiger partial charge in [0.05, 0.1) is 11.4 Å². The van der Waals surface area contributed by atoms with E-state index < -0.39 is 0 Å². The molecule has 4 rings (SSSR count). The minimum atomic E-state index is 0.736. The van der Waals surface area contributed by atoms with Crippen LogP contribution in [0.2, 0.25) is 0 Å². The molecular weight excluding hydrogens is 248 g/mol. The Hall–Kier alpha value is -2.62. The molecule has 0 unspecified atom stereocenters. The second kappa shape index (κ2) is 3.93. The number of aliphatic imine (C=N–C) groups is 2. The lowest BCUT2D eigenvalue weighted by molar-refractivity contribution is 1.36. The molecule has 0 saturated heterocycles. The molecule has 2 heterocycles. The van der Waals surface area contributed by atoms with Gasteiger partial charge in [0.15, 0.2) is 0 Å². The van der Waals surface area contributed by atoms with Crippen molar-refractivity contribution in [2.45, 2.75) is 13.3 Å². The van der Waals surface area contributed by atoms with Crippen LogP contribution >= 0.6 is 0 Å². The maximum atomic E-state index is 4.67. The first-order valence-corrected chi connectivity index (χ1v) is 6.64. The molecule has 2 N–H and O–H groups in total. The van der Waals surface area contributed by atoms with Crippen LogP contribution in [0.15, 0.2) is 46.9 Å². The number of anilines is 2. The smallest absolute Gasteiger partial charge is 0.110 e. The molecule has 0 saturated carbocycles. The van der Waals surface area contributed by atoms with Crippen molar-refractivity contribution in [1.29, 1.82) is 0 Å². The Labute approximate surface area is 116 Å². The van der Waals surface area contributed by atoms with Gasteiger partial charge in [0.25, 0.3) is 0 Å². The SMILES string of the molecule is C=CCC1=Nc2ccc3c4c(ccc(c24)N1)N=C(C)N3. The zero-order valence-corrected chi connectivity index (χ0v) is 11.2.